The van der Waals surface area contributed by atoms with Crippen molar-refractivity contribution in [3.63, 3.8) is 0 Å². The molecule has 0 radical (unpaired) electrons. The maximum atomic E-state index is 14.7. The molecule has 1 aliphatic heterocycles. The van der Waals surface area contributed by atoms with Gasteiger partial charge in [0.05, 0.1) is 12.2 Å². The molecular weight excluding hydrogens is 444 g/mol. The van der Waals surface area contributed by atoms with Crippen molar-refractivity contribution in [3.8, 4) is 0 Å². The monoisotopic (exact) mass is 475 g/mol. The maximum Gasteiger partial charge on any atom is 0.330 e. The number of nitrogens with one attached hydrogen (secondary N) is 1. The smallest absolute Gasteiger partial charge is 0.330 e. The number of carbonyl (C=O) groups excluding carboxylic acids is 1. The number of aromatic nitrogens is 2. The topological polar surface area (TPSA) is 104 Å². The van der Waals surface area contributed by atoms with Crippen LogP contribution < -0.4 is 26.8 Å². The summed E-state index contributed by atoms with van der Waals surface area (Å²) in [6, 6.07) is 1.88. The van der Waals surface area contributed by atoms with Crippen LogP contribution in [0.15, 0.2) is 21.7 Å². The third kappa shape index (κ3) is 4.58. The fourth-order valence-corrected chi connectivity index (χ4v) is 5.16. The molecule has 1 fully saturated rings. The van der Waals surface area contributed by atoms with Gasteiger partial charge in [-0.2, -0.15) is 0 Å². The third-order valence-electron chi connectivity index (χ3n) is 6.77. The summed E-state index contributed by atoms with van der Waals surface area (Å²) in [5.74, 6) is -1.79. The zero-order valence-corrected chi connectivity index (χ0v) is 19.4. The van der Waals surface area contributed by atoms with E-state index < -0.39 is 28.8 Å². The third-order valence-corrected chi connectivity index (χ3v) is 6.77. The number of nitrogens with zero attached hydrogens (tertiary/aromatic N) is 3. The number of aromatic amines is 1. The standard InChI is InChI=1S/C24H31F2N5O3/c1-2-3-11-30-22(27)21(23(33)28-24(30)34)31(17-8-4-5-9-17)19(32)14-29-10-6-7-15-12-16(25)13-18(26)20(15)29/h12-13,17H,2-11,14,27H2,1H3,(H,28,33,34). The second-order valence-corrected chi connectivity index (χ2v) is 9.12. The van der Waals surface area contributed by atoms with Gasteiger partial charge in [0.25, 0.3) is 5.56 Å². The minimum Gasteiger partial charge on any atom is -0.383 e. The summed E-state index contributed by atoms with van der Waals surface area (Å²) in [5, 5.41) is 0. The lowest BCUT2D eigenvalue weighted by molar-refractivity contribution is -0.117. The van der Waals surface area contributed by atoms with E-state index in [-0.39, 0.29) is 29.8 Å². The van der Waals surface area contributed by atoms with E-state index in [1.165, 1.54) is 15.5 Å². The van der Waals surface area contributed by atoms with Gasteiger partial charge < -0.3 is 10.6 Å². The molecule has 3 N–H and O–H groups in total. The number of hydrogen-bond donors (Lipinski definition) is 2. The lowest BCUT2D eigenvalue weighted by atomic mass is 10.0. The summed E-state index contributed by atoms with van der Waals surface area (Å²) < 4.78 is 29.7. The number of H-pyrrole nitrogens is 1. The number of halogens is 2. The van der Waals surface area contributed by atoms with Crippen LogP contribution in [0.2, 0.25) is 0 Å². The van der Waals surface area contributed by atoms with Crippen molar-refractivity contribution in [2.24, 2.45) is 0 Å². The molecule has 184 valence electrons. The zero-order valence-electron chi connectivity index (χ0n) is 19.4. The van der Waals surface area contributed by atoms with Gasteiger partial charge in [-0.25, -0.2) is 13.6 Å². The summed E-state index contributed by atoms with van der Waals surface area (Å²) in [5.41, 5.74) is 5.73. The number of nitrogen functional groups attached to an aromatic ring is 1. The number of anilines is 3. The highest BCUT2D eigenvalue weighted by Gasteiger charge is 2.34. The first-order valence-electron chi connectivity index (χ1n) is 12.0. The quantitative estimate of drug-likeness (QED) is 0.641. The van der Waals surface area contributed by atoms with Crippen LogP contribution in [0.25, 0.3) is 0 Å². The van der Waals surface area contributed by atoms with Crippen LogP contribution in [0.1, 0.15) is 57.4 Å². The molecule has 34 heavy (non-hydrogen) atoms. The molecule has 2 heterocycles. The second-order valence-electron chi connectivity index (χ2n) is 9.12. The van der Waals surface area contributed by atoms with Gasteiger partial charge in [-0.05, 0) is 43.7 Å². The number of fused-ring (bicyclic) bond motifs is 1. The largest absolute Gasteiger partial charge is 0.383 e. The number of aryl methyl sites for hydroxylation is 1. The Labute approximate surface area is 196 Å². The molecule has 2 aliphatic rings. The van der Waals surface area contributed by atoms with Crippen molar-refractivity contribution in [2.45, 2.75) is 70.9 Å². The molecule has 0 spiro atoms. The predicted molar refractivity (Wildman–Crippen MR) is 127 cm³/mol. The normalized spacial score (nSPS) is 16.0. The molecule has 0 unspecified atom stereocenters. The van der Waals surface area contributed by atoms with Gasteiger partial charge in [-0.1, -0.05) is 26.2 Å². The van der Waals surface area contributed by atoms with E-state index in [1.54, 1.807) is 4.90 Å². The van der Waals surface area contributed by atoms with Gasteiger partial charge in [-0.3, -0.25) is 24.0 Å². The number of benzene rings is 1. The summed E-state index contributed by atoms with van der Waals surface area (Å²) in [7, 11) is 0. The Kier molecular flexibility index (Phi) is 7.04. The van der Waals surface area contributed by atoms with Gasteiger partial charge in [-0.15, -0.1) is 0 Å². The SMILES string of the molecule is CCCCn1c(N)c(N(C(=O)CN2CCCc3cc(F)cc(F)c32)C2CCCC2)c(=O)[nH]c1=O. The molecule has 1 amide bonds. The van der Waals surface area contributed by atoms with Gasteiger partial charge in [0.2, 0.25) is 5.91 Å². The Morgan fingerprint density at radius 2 is 1.94 bits per heavy atom. The van der Waals surface area contributed by atoms with E-state index in [0.717, 1.165) is 25.3 Å². The minimum absolute atomic E-state index is 0.0237. The van der Waals surface area contributed by atoms with E-state index in [0.29, 0.717) is 50.8 Å². The zero-order chi connectivity index (χ0) is 24.4. The van der Waals surface area contributed by atoms with Crippen molar-refractivity contribution in [1.29, 1.82) is 0 Å². The molecule has 1 aromatic carbocycles. The van der Waals surface area contributed by atoms with E-state index >= 15 is 0 Å². The van der Waals surface area contributed by atoms with Gasteiger partial charge >= 0.3 is 5.69 Å². The van der Waals surface area contributed by atoms with Crippen LogP contribution >= 0.6 is 0 Å². The summed E-state index contributed by atoms with van der Waals surface area (Å²) in [6.45, 7) is 2.55. The molecule has 2 aromatic rings. The van der Waals surface area contributed by atoms with Crippen LogP contribution in [0, 0.1) is 11.6 Å². The first-order chi connectivity index (χ1) is 16.3. The maximum absolute atomic E-state index is 14.7. The molecule has 0 saturated heterocycles. The summed E-state index contributed by atoms with van der Waals surface area (Å²) in [6.07, 6.45) is 5.90. The van der Waals surface area contributed by atoms with E-state index in [2.05, 4.69) is 4.98 Å². The fourth-order valence-electron chi connectivity index (χ4n) is 5.16. The Morgan fingerprint density at radius 3 is 2.65 bits per heavy atom. The Bertz CT molecular complexity index is 1190. The molecule has 1 saturated carbocycles. The molecule has 1 aliphatic carbocycles. The van der Waals surface area contributed by atoms with Crippen LogP contribution in [0.4, 0.5) is 26.0 Å². The molecular formula is C24H31F2N5O3. The number of amides is 1. The first kappa shape index (κ1) is 24.0. The van der Waals surface area contributed by atoms with Crippen molar-refractivity contribution in [1.82, 2.24) is 9.55 Å². The van der Waals surface area contributed by atoms with Crippen LogP contribution in [0.5, 0.6) is 0 Å². The first-order valence-corrected chi connectivity index (χ1v) is 12.0. The van der Waals surface area contributed by atoms with E-state index in [1.807, 2.05) is 6.92 Å². The van der Waals surface area contributed by atoms with Crippen molar-refractivity contribution in [2.75, 3.05) is 28.6 Å². The van der Waals surface area contributed by atoms with Crippen LogP contribution in [0.3, 0.4) is 0 Å². The van der Waals surface area contributed by atoms with E-state index in [4.69, 9.17) is 5.73 Å². The van der Waals surface area contributed by atoms with Crippen molar-refractivity contribution in [3.05, 3.63) is 50.2 Å². The van der Waals surface area contributed by atoms with Gasteiger partial charge in [0, 0.05) is 25.2 Å². The number of nitrogens with two attached hydrogens (primary N) is 1. The number of unbranched alkanes of at least 4 members (excludes halogenated alkanes) is 1. The molecule has 0 atom stereocenters. The van der Waals surface area contributed by atoms with Crippen molar-refractivity contribution >= 4 is 23.1 Å². The number of rotatable bonds is 7. The summed E-state index contributed by atoms with van der Waals surface area (Å²) in [4.78, 5) is 44.3. The molecule has 10 heteroatoms. The Balaban J connectivity index is 1.73. The number of carbonyl (C=O) groups is 1. The summed E-state index contributed by atoms with van der Waals surface area (Å²) >= 11 is 0. The molecule has 0 bridgehead atoms. The molecule has 4 rings (SSSR count). The second kappa shape index (κ2) is 9.99. The fraction of sp³-hybridized carbons (Fsp3) is 0.542. The highest BCUT2D eigenvalue weighted by molar-refractivity contribution is 5.99. The Hall–Kier alpha value is -3.17. The predicted octanol–water partition coefficient (Wildman–Crippen LogP) is 2.93. The Morgan fingerprint density at radius 1 is 1.21 bits per heavy atom. The lowest BCUT2D eigenvalue weighted by Crippen LogP contribution is -2.50. The molecule has 8 nitrogen and oxygen atoms in total. The van der Waals surface area contributed by atoms with E-state index in [9.17, 15) is 23.2 Å². The lowest BCUT2D eigenvalue weighted by Gasteiger charge is -2.35. The van der Waals surface area contributed by atoms with Crippen molar-refractivity contribution < 1.29 is 13.6 Å². The number of hydrogen-bond acceptors (Lipinski definition) is 5. The van der Waals surface area contributed by atoms with Crippen LogP contribution in [-0.4, -0.2) is 34.6 Å². The average Bonchev–Trinajstić information content (AvgIpc) is 3.30. The highest BCUT2D eigenvalue weighted by atomic mass is 19.1. The van der Waals surface area contributed by atoms with Gasteiger partial charge in [0.1, 0.15) is 17.5 Å². The highest BCUT2D eigenvalue weighted by Crippen LogP contribution is 2.33. The molecule has 1 aromatic heterocycles. The van der Waals surface area contributed by atoms with Gasteiger partial charge in [0.15, 0.2) is 5.69 Å². The minimum atomic E-state index is -0.708. The average molecular weight is 476 g/mol. The van der Waals surface area contributed by atoms with Crippen LogP contribution in [-0.2, 0) is 17.8 Å².